The Kier molecular flexibility index (Phi) is 5.70. The summed E-state index contributed by atoms with van der Waals surface area (Å²) in [6.07, 6.45) is 1.13. The lowest BCUT2D eigenvalue weighted by molar-refractivity contribution is -0.152. The quantitative estimate of drug-likeness (QED) is 0.463. The number of hydrogen-bond donors (Lipinski definition) is 4. The van der Waals surface area contributed by atoms with E-state index < -0.39 is 40.9 Å². The molecule has 1 heterocycles. The SMILES string of the molecule is Cc1cn(CCC(=O)NN=C2C[C@H](C(=O)O)[C@H](C(=O)O)C2)c(=O)[nH]c1=O. The molecule has 26 heavy (non-hydrogen) atoms. The first-order valence-electron chi connectivity index (χ1n) is 7.79. The first kappa shape index (κ1) is 19.1. The van der Waals surface area contributed by atoms with Crippen molar-refractivity contribution in [2.45, 2.75) is 32.7 Å². The van der Waals surface area contributed by atoms with Crippen molar-refractivity contribution in [2.24, 2.45) is 16.9 Å². The summed E-state index contributed by atoms with van der Waals surface area (Å²) in [7, 11) is 0. The third-order valence-corrected chi connectivity index (χ3v) is 4.14. The summed E-state index contributed by atoms with van der Waals surface area (Å²) < 4.78 is 1.18. The van der Waals surface area contributed by atoms with Crippen LogP contribution >= 0.6 is 0 Å². The van der Waals surface area contributed by atoms with E-state index in [9.17, 15) is 24.0 Å². The van der Waals surface area contributed by atoms with Crippen molar-refractivity contribution in [3.05, 3.63) is 32.6 Å². The van der Waals surface area contributed by atoms with E-state index in [1.165, 1.54) is 17.7 Å². The molecule has 1 saturated carbocycles. The number of rotatable bonds is 6. The van der Waals surface area contributed by atoms with Crippen LogP contribution in [0.4, 0.5) is 0 Å². The van der Waals surface area contributed by atoms with Gasteiger partial charge in [0.1, 0.15) is 0 Å². The maximum absolute atomic E-state index is 11.8. The van der Waals surface area contributed by atoms with Crippen LogP contribution in [0.3, 0.4) is 0 Å². The van der Waals surface area contributed by atoms with Crippen molar-refractivity contribution in [1.82, 2.24) is 15.0 Å². The number of aromatic amines is 1. The van der Waals surface area contributed by atoms with Gasteiger partial charge in [-0.05, 0) is 6.92 Å². The fraction of sp³-hybridized carbons (Fsp3) is 0.467. The standard InChI is InChI=1S/C15H18N4O7/c1-7-6-19(15(26)16-12(7)21)3-2-11(20)18-17-8-4-9(13(22)23)10(5-8)14(24)25/h6,9-10H,2-5H2,1H3,(H,18,20)(H,22,23)(H,24,25)(H,16,21,26)/t9-,10+. The normalized spacial score (nSPS) is 20.9. The average molecular weight is 366 g/mol. The van der Waals surface area contributed by atoms with Crippen LogP contribution in [0.1, 0.15) is 24.8 Å². The molecule has 0 aromatic carbocycles. The van der Waals surface area contributed by atoms with Crippen LogP contribution in [0.15, 0.2) is 20.9 Å². The molecule has 140 valence electrons. The predicted octanol–water partition coefficient (Wildman–Crippen LogP) is -1.10. The number of carbonyl (C=O) groups excluding carboxylic acids is 1. The largest absolute Gasteiger partial charge is 0.481 e. The Morgan fingerprint density at radius 1 is 1.23 bits per heavy atom. The average Bonchev–Trinajstić information content (AvgIpc) is 3.00. The van der Waals surface area contributed by atoms with Crippen molar-refractivity contribution >= 4 is 23.6 Å². The molecule has 1 amide bonds. The minimum Gasteiger partial charge on any atom is -0.481 e. The van der Waals surface area contributed by atoms with Gasteiger partial charge in [0.05, 0.1) is 11.8 Å². The minimum atomic E-state index is -1.22. The third-order valence-electron chi connectivity index (χ3n) is 4.14. The number of aryl methyl sites for hydroxylation is 2. The zero-order valence-corrected chi connectivity index (χ0v) is 13.9. The molecule has 0 saturated heterocycles. The monoisotopic (exact) mass is 366 g/mol. The Bertz CT molecular complexity index is 859. The molecule has 0 unspecified atom stereocenters. The first-order chi connectivity index (χ1) is 12.2. The van der Waals surface area contributed by atoms with E-state index in [4.69, 9.17) is 10.2 Å². The molecule has 1 aliphatic rings. The molecule has 2 atom stereocenters. The van der Waals surface area contributed by atoms with Crippen LogP contribution in [0.25, 0.3) is 0 Å². The van der Waals surface area contributed by atoms with E-state index in [-0.39, 0.29) is 31.5 Å². The molecule has 0 spiro atoms. The van der Waals surface area contributed by atoms with Crippen LogP contribution in [-0.2, 0) is 20.9 Å². The molecule has 11 heteroatoms. The molecule has 1 aliphatic carbocycles. The number of carboxylic acids is 2. The van der Waals surface area contributed by atoms with E-state index in [0.29, 0.717) is 5.56 Å². The van der Waals surface area contributed by atoms with Gasteiger partial charge in [-0.25, -0.2) is 10.2 Å². The Hall–Kier alpha value is -3.24. The van der Waals surface area contributed by atoms with E-state index >= 15 is 0 Å². The van der Waals surface area contributed by atoms with Crippen molar-refractivity contribution < 1.29 is 24.6 Å². The van der Waals surface area contributed by atoms with Gasteiger partial charge in [-0.15, -0.1) is 0 Å². The molecular weight excluding hydrogens is 348 g/mol. The van der Waals surface area contributed by atoms with E-state index in [0.717, 1.165) is 0 Å². The molecule has 11 nitrogen and oxygen atoms in total. The number of nitrogens with zero attached hydrogens (tertiary/aromatic N) is 2. The molecule has 1 aromatic heterocycles. The molecule has 4 N–H and O–H groups in total. The minimum absolute atomic E-state index is 0.0165. The maximum atomic E-state index is 11.8. The van der Waals surface area contributed by atoms with Gasteiger partial charge in [-0.1, -0.05) is 0 Å². The van der Waals surface area contributed by atoms with Gasteiger partial charge in [0, 0.05) is 43.3 Å². The molecule has 1 aromatic rings. The summed E-state index contributed by atoms with van der Waals surface area (Å²) >= 11 is 0. The summed E-state index contributed by atoms with van der Waals surface area (Å²) in [5, 5.41) is 21.9. The van der Waals surface area contributed by atoms with Crippen LogP contribution < -0.4 is 16.7 Å². The van der Waals surface area contributed by atoms with Crippen molar-refractivity contribution in [3.63, 3.8) is 0 Å². The molecule has 0 bridgehead atoms. The Balaban J connectivity index is 1.95. The summed E-state index contributed by atoms with van der Waals surface area (Å²) in [6, 6.07) is 0. The Labute approximate surface area is 146 Å². The van der Waals surface area contributed by atoms with Gasteiger partial charge in [0.2, 0.25) is 5.91 Å². The summed E-state index contributed by atoms with van der Waals surface area (Å²) in [6.45, 7) is 1.54. The summed E-state index contributed by atoms with van der Waals surface area (Å²) in [5.74, 6) is -5.13. The zero-order chi connectivity index (χ0) is 19.4. The van der Waals surface area contributed by atoms with Crippen LogP contribution in [0.2, 0.25) is 0 Å². The number of amides is 1. The van der Waals surface area contributed by atoms with E-state index in [2.05, 4.69) is 15.5 Å². The second-order valence-electron chi connectivity index (χ2n) is 6.03. The highest BCUT2D eigenvalue weighted by atomic mass is 16.4. The van der Waals surface area contributed by atoms with Crippen LogP contribution in [0, 0.1) is 18.8 Å². The van der Waals surface area contributed by atoms with Gasteiger partial charge in [-0.3, -0.25) is 28.7 Å². The number of carbonyl (C=O) groups is 3. The predicted molar refractivity (Wildman–Crippen MR) is 87.7 cm³/mol. The lowest BCUT2D eigenvalue weighted by Crippen LogP contribution is -2.32. The van der Waals surface area contributed by atoms with Gasteiger partial charge in [0.15, 0.2) is 0 Å². The number of carboxylic acid groups (broad SMARTS) is 2. The third kappa shape index (κ3) is 4.43. The van der Waals surface area contributed by atoms with Gasteiger partial charge in [-0.2, -0.15) is 5.10 Å². The van der Waals surface area contributed by atoms with E-state index in [1.54, 1.807) is 0 Å². The highest BCUT2D eigenvalue weighted by Crippen LogP contribution is 2.30. The van der Waals surface area contributed by atoms with Gasteiger partial charge in [0.25, 0.3) is 5.56 Å². The number of H-pyrrole nitrogens is 1. The molecule has 0 radical (unpaired) electrons. The molecule has 1 fully saturated rings. The van der Waals surface area contributed by atoms with Crippen LogP contribution in [0.5, 0.6) is 0 Å². The summed E-state index contributed by atoms with van der Waals surface area (Å²) in [5.41, 5.74) is 1.72. The van der Waals surface area contributed by atoms with Crippen molar-refractivity contribution in [1.29, 1.82) is 0 Å². The summed E-state index contributed by atoms with van der Waals surface area (Å²) in [4.78, 5) is 59.0. The first-order valence-corrected chi connectivity index (χ1v) is 7.79. The van der Waals surface area contributed by atoms with Crippen molar-refractivity contribution in [2.75, 3.05) is 0 Å². The maximum Gasteiger partial charge on any atom is 0.328 e. The second kappa shape index (κ2) is 7.76. The second-order valence-corrected chi connectivity index (χ2v) is 6.03. The number of hydrogen-bond acceptors (Lipinski definition) is 6. The lowest BCUT2D eigenvalue weighted by atomic mass is 9.97. The van der Waals surface area contributed by atoms with Gasteiger partial charge >= 0.3 is 17.6 Å². The lowest BCUT2D eigenvalue weighted by Gasteiger charge is -2.08. The number of aromatic nitrogens is 2. The number of hydrazone groups is 1. The smallest absolute Gasteiger partial charge is 0.328 e. The highest BCUT2D eigenvalue weighted by molar-refractivity contribution is 5.97. The highest BCUT2D eigenvalue weighted by Gasteiger charge is 2.41. The van der Waals surface area contributed by atoms with E-state index in [1.807, 2.05) is 0 Å². The fourth-order valence-corrected chi connectivity index (χ4v) is 2.69. The Morgan fingerprint density at radius 3 is 2.35 bits per heavy atom. The molecular formula is C15H18N4O7. The Morgan fingerprint density at radius 2 is 1.81 bits per heavy atom. The van der Waals surface area contributed by atoms with Gasteiger partial charge < -0.3 is 10.2 Å². The molecule has 0 aliphatic heterocycles. The number of aliphatic carboxylic acids is 2. The van der Waals surface area contributed by atoms with Crippen molar-refractivity contribution in [3.8, 4) is 0 Å². The number of nitrogens with one attached hydrogen (secondary N) is 2. The zero-order valence-electron chi connectivity index (χ0n) is 13.9. The fourth-order valence-electron chi connectivity index (χ4n) is 2.69. The topological polar surface area (TPSA) is 171 Å². The molecule has 2 rings (SSSR count). The van der Waals surface area contributed by atoms with Crippen LogP contribution in [-0.4, -0.2) is 43.3 Å².